The lowest BCUT2D eigenvalue weighted by Crippen LogP contribution is -2.07. The zero-order valence-electron chi connectivity index (χ0n) is 8.20. The topological polar surface area (TPSA) is 72.5 Å². The Hall–Kier alpha value is -1.55. The van der Waals surface area contributed by atoms with Gasteiger partial charge in [-0.15, -0.1) is 0 Å². The summed E-state index contributed by atoms with van der Waals surface area (Å²) in [7, 11) is 1.45. The summed E-state index contributed by atoms with van der Waals surface area (Å²) in [6.45, 7) is 1.71. The first-order chi connectivity index (χ1) is 6.56. The van der Waals surface area contributed by atoms with Crippen molar-refractivity contribution in [3.63, 3.8) is 0 Å². The SMILES string of the molecule is COCC(=O)c1cc(C)c(O)c(N)c1. The first-order valence-electron chi connectivity index (χ1n) is 4.17. The van der Waals surface area contributed by atoms with Gasteiger partial charge in [-0.1, -0.05) is 0 Å². The maximum atomic E-state index is 11.4. The number of nitrogen functional groups attached to an aromatic ring is 1. The van der Waals surface area contributed by atoms with Gasteiger partial charge in [-0.2, -0.15) is 0 Å². The number of aromatic hydroxyl groups is 1. The molecule has 0 aromatic heterocycles. The highest BCUT2D eigenvalue weighted by Gasteiger charge is 2.09. The summed E-state index contributed by atoms with van der Waals surface area (Å²) in [4.78, 5) is 11.4. The van der Waals surface area contributed by atoms with Crippen LogP contribution in [0.5, 0.6) is 5.75 Å². The molecule has 1 aromatic carbocycles. The molecule has 76 valence electrons. The van der Waals surface area contributed by atoms with Crippen molar-refractivity contribution in [1.29, 1.82) is 0 Å². The molecule has 4 heteroatoms. The van der Waals surface area contributed by atoms with Crippen molar-refractivity contribution < 1.29 is 14.6 Å². The first-order valence-corrected chi connectivity index (χ1v) is 4.17. The van der Waals surface area contributed by atoms with E-state index in [1.807, 2.05) is 0 Å². The number of anilines is 1. The molecule has 0 radical (unpaired) electrons. The van der Waals surface area contributed by atoms with E-state index < -0.39 is 0 Å². The van der Waals surface area contributed by atoms with Crippen LogP contribution in [0.15, 0.2) is 12.1 Å². The summed E-state index contributed by atoms with van der Waals surface area (Å²) in [6, 6.07) is 3.04. The fourth-order valence-electron chi connectivity index (χ4n) is 1.18. The number of methoxy groups -OCH3 is 1. The fourth-order valence-corrected chi connectivity index (χ4v) is 1.18. The normalized spacial score (nSPS) is 10.1. The molecule has 0 aliphatic carbocycles. The van der Waals surface area contributed by atoms with Crippen molar-refractivity contribution in [2.45, 2.75) is 6.92 Å². The van der Waals surface area contributed by atoms with Crippen LogP contribution >= 0.6 is 0 Å². The summed E-state index contributed by atoms with van der Waals surface area (Å²) in [6.07, 6.45) is 0. The van der Waals surface area contributed by atoms with Gasteiger partial charge in [-0.3, -0.25) is 4.79 Å². The van der Waals surface area contributed by atoms with Crippen molar-refractivity contribution in [1.82, 2.24) is 0 Å². The van der Waals surface area contributed by atoms with Crippen molar-refractivity contribution in [3.8, 4) is 5.75 Å². The predicted octanol–water partition coefficient (Wildman–Crippen LogP) is 1.11. The quantitative estimate of drug-likeness (QED) is 0.430. The van der Waals surface area contributed by atoms with Gasteiger partial charge in [0.15, 0.2) is 5.78 Å². The third-order valence-corrected chi connectivity index (χ3v) is 1.93. The second-order valence-electron chi connectivity index (χ2n) is 3.09. The summed E-state index contributed by atoms with van der Waals surface area (Å²) in [5.74, 6) is -0.124. The maximum Gasteiger partial charge on any atom is 0.188 e. The van der Waals surface area contributed by atoms with Crippen molar-refractivity contribution >= 4 is 11.5 Å². The third kappa shape index (κ3) is 2.03. The van der Waals surface area contributed by atoms with Gasteiger partial charge in [0.05, 0.1) is 5.69 Å². The zero-order valence-corrected chi connectivity index (χ0v) is 8.20. The Morgan fingerprint density at radius 2 is 2.21 bits per heavy atom. The lowest BCUT2D eigenvalue weighted by atomic mass is 10.1. The molecule has 0 bridgehead atoms. The van der Waals surface area contributed by atoms with Crippen LogP contribution < -0.4 is 5.73 Å². The van der Waals surface area contributed by atoms with Gasteiger partial charge < -0.3 is 15.6 Å². The third-order valence-electron chi connectivity index (χ3n) is 1.93. The number of Topliss-reactive ketones (excluding diaryl/α,β-unsaturated/α-hetero) is 1. The Balaban J connectivity index is 3.06. The van der Waals surface area contributed by atoms with E-state index in [9.17, 15) is 9.90 Å². The predicted molar refractivity (Wildman–Crippen MR) is 53.5 cm³/mol. The van der Waals surface area contributed by atoms with Crippen molar-refractivity contribution in [2.24, 2.45) is 0 Å². The Morgan fingerprint density at radius 1 is 1.57 bits per heavy atom. The number of nitrogens with two attached hydrogens (primary N) is 1. The standard InChI is InChI=1S/C10H13NO3/c1-6-3-7(9(12)5-14-2)4-8(11)10(6)13/h3-4,13H,5,11H2,1-2H3. The Bertz CT molecular complexity index is 337. The minimum Gasteiger partial charge on any atom is -0.506 e. The van der Waals surface area contributed by atoms with Gasteiger partial charge in [0.25, 0.3) is 0 Å². The molecule has 0 amide bonds. The summed E-state index contributed by atoms with van der Waals surface area (Å²) in [5.41, 5.74) is 6.77. The van der Waals surface area contributed by atoms with E-state index in [0.29, 0.717) is 11.1 Å². The van der Waals surface area contributed by atoms with Crippen LogP contribution in [0, 0.1) is 6.92 Å². The average molecular weight is 195 g/mol. The highest BCUT2D eigenvalue weighted by Crippen LogP contribution is 2.25. The molecule has 0 atom stereocenters. The molecule has 0 aliphatic rings. The minimum atomic E-state index is -0.151. The van der Waals surface area contributed by atoms with E-state index in [1.165, 1.54) is 13.2 Å². The highest BCUT2D eigenvalue weighted by atomic mass is 16.5. The Kier molecular flexibility index (Phi) is 3.09. The number of carbonyl (C=O) groups is 1. The van der Waals surface area contributed by atoms with E-state index in [4.69, 9.17) is 10.5 Å². The summed E-state index contributed by atoms with van der Waals surface area (Å²) >= 11 is 0. The van der Waals surface area contributed by atoms with Crippen LogP contribution in [0.1, 0.15) is 15.9 Å². The second kappa shape index (κ2) is 4.11. The van der Waals surface area contributed by atoms with Gasteiger partial charge >= 0.3 is 0 Å². The number of ketones is 1. The molecule has 1 rings (SSSR count). The van der Waals surface area contributed by atoms with E-state index >= 15 is 0 Å². The number of carbonyl (C=O) groups excluding carboxylic acids is 1. The molecule has 1 aromatic rings. The van der Waals surface area contributed by atoms with Crippen LogP contribution in [-0.2, 0) is 4.74 Å². The molecule has 0 fully saturated rings. The summed E-state index contributed by atoms with van der Waals surface area (Å²) < 4.78 is 4.72. The van der Waals surface area contributed by atoms with Crippen molar-refractivity contribution in [2.75, 3.05) is 19.5 Å². The molecule has 0 heterocycles. The molecule has 4 nitrogen and oxygen atoms in total. The van der Waals surface area contributed by atoms with Crippen LogP contribution in [0.4, 0.5) is 5.69 Å². The highest BCUT2D eigenvalue weighted by molar-refractivity contribution is 5.98. The van der Waals surface area contributed by atoms with Crippen LogP contribution in [0.25, 0.3) is 0 Å². The number of hydrogen-bond donors (Lipinski definition) is 2. The number of aryl methyl sites for hydroxylation is 1. The number of phenolic OH excluding ortho intramolecular Hbond substituents is 1. The summed E-state index contributed by atoms with van der Waals surface area (Å²) in [5, 5.41) is 9.37. The first kappa shape index (κ1) is 10.5. The maximum absolute atomic E-state index is 11.4. The van der Waals surface area contributed by atoms with E-state index in [0.717, 1.165) is 0 Å². The lowest BCUT2D eigenvalue weighted by molar-refractivity contribution is 0.0848. The Morgan fingerprint density at radius 3 is 2.71 bits per heavy atom. The molecular weight excluding hydrogens is 182 g/mol. The lowest BCUT2D eigenvalue weighted by Gasteiger charge is -2.06. The molecule has 3 N–H and O–H groups in total. The molecule has 0 saturated heterocycles. The largest absolute Gasteiger partial charge is 0.506 e. The van der Waals surface area contributed by atoms with Crippen LogP contribution in [-0.4, -0.2) is 24.6 Å². The average Bonchev–Trinajstić information content (AvgIpc) is 2.13. The monoisotopic (exact) mass is 195 g/mol. The molecule has 0 unspecified atom stereocenters. The number of rotatable bonds is 3. The second-order valence-corrected chi connectivity index (χ2v) is 3.09. The molecule has 0 saturated carbocycles. The number of ether oxygens (including phenoxy) is 1. The van der Waals surface area contributed by atoms with Crippen LogP contribution in [0.2, 0.25) is 0 Å². The number of hydrogen-bond acceptors (Lipinski definition) is 4. The molecular formula is C10H13NO3. The van der Waals surface area contributed by atoms with Gasteiger partial charge in [-0.05, 0) is 24.6 Å². The van der Waals surface area contributed by atoms with Gasteiger partial charge in [0.2, 0.25) is 0 Å². The number of benzene rings is 1. The Labute approximate surface area is 82.3 Å². The van der Waals surface area contributed by atoms with Gasteiger partial charge in [0.1, 0.15) is 12.4 Å². The molecule has 0 aliphatic heterocycles. The smallest absolute Gasteiger partial charge is 0.188 e. The van der Waals surface area contributed by atoms with Gasteiger partial charge in [-0.25, -0.2) is 0 Å². The molecule has 0 spiro atoms. The minimum absolute atomic E-state index is 0.0175. The van der Waals surface area contributed by atoms with E-state index in [1.54, 1.807) is 13.0 Å². The van der Waals surface area contributed by atoms with Crippen molar-refractivity contribution in [3.05, 3.63) is 23.3 Å². The van der Waals surface area contributed by atoms with E-state index in [-0.39, 0.29) is 23.8 Å². The zero-order chi connectivity index (χ0) is 10.7. The van der Waals surface area contributed by atoms with Gasteiger partial charge in [0, 0.05) is 12.7 Å². The van der Waals surface area contributed by atoms with Crippen LogP contribution in [0.3, 0.4) is 0 Å². The molecule has 14 heavy (non-hydrogen) atoms. The van der Waals surface area contributed by atoms with E-state index in [2.05, 4.69) is 0 Å². The fraction of sp³-hybridized carbons (Fsp3) is 0.300. The number of phenols is 1.